The van der Waals surface area contributed by atoms with Gasteiger partial charge in [-0.3, -0.25) is 0 Å². The Morgan fingerprint density at radius 3 is 2.69 bits per heavy atom. The van der Waals surface area contributed by atoms with E-state index in [-0.39, 0.29) is 10.7 Å². The first-order valence-electron chi connectivity index (χ1n) is 4.99. The quantitative estimate of drug-likeness (QED) is 0.725. The third-order valence-electron chi connectivity index (χ3n) is 2.90. The van der Waals surface area contributed by atoms with Crippen molar-refractivity contribution in [2.24, 2.45) is 5.92 Å². The summed E-state index contributed by atoms with van der Waals surface area (Å²) in [5, 5.41) is 0. The highest BCUT2D eigenvalue weighted by Gasteiger charge is 2.34. The third kappa shape index (κ3) is 2.71. The first kappa shape index (κ1) is 13.1. The van der Waals surface area contributed by atoms with Crippen LogP contribution >= 0.6 is 43.2 Å². The minimum Gasteiger partial charge on any atom is -0.229 e. The van der Waals surface area contributed by atoms with E-state index in [1.165, 1.54) is 10.4 Å². The fourth-order valence-corrected chi connectivity index (χ4v) is 6.96. The van der Waals surface area contributed by atoms with Crippen LogP contribution in [0, 0.1) is 12.8 Å². The van der Waals surface area contributed by atoms with Crippen molar-refractivity contribution in [3.8, 4) is 0 Å². The van der Waals surface area contributed by atoms with Gasteiger partial charge in [-0.05, 0) is 46.8 Å². The van der Waals surface area contributed by atoms with Crippen LogP contribution in [-0.4, -0.2) is 19.9 Å². The number of hydrogen-bond acceptors (Lipinski definition) is 3. The first-order valence-corrected chi connectivity index (χ1v) is 9.34. The normalized spacial score (nSPS) is 25.8. The number of thiophene rings is 1. The highest BCUT2D eigenvalue weighted by Crippen LogP contribution is 2.42. The van der Waals surface area contributed by atoms with Crippen LogP contribution in [0.15, 0.2) is 9.85 Å². The summed E-state index contributed by atoms with van der Waals surface area (Å²) in [7, 11) is -2.79. The summed E-state index contributed by atoms with van der Waals surface area (Å²) in [6.45, 7) is 2.07. The number of rotatable bonds is 2. The van der Waals surface area contributed by atoms with Crippen molar-refractivity contribution in [2.75, 3.05) is 11.5 Å². The van der Waals surface area contributed by atoms with E-state index in [1.807, 2.05) is 0 Å². The van der Waals surface area contributed by atoms with Crippen molar-refractivity contribution in [2.45, 2.75) is 18.2 Å². The van der Waals surface area contributed by atoms with E-state index in [2.05, 4.69) is 44.8 Å². The maximum absolute atomic E-state index is 11.4. The van der Waals surface area contributed by atoms with Gasteiger partial charge in [-0.2, -0.15) is 0 Å². The summed E-state index contributed by atoms with van der Waals surface area (Å²) >= 11 is 8.81. The van der Waals surface area contributed by atoms with Crippen molar-refractivity contribution >= 4 is 53.0 Å². The lowest BCUT2D eigenvalue weighted by atomic mass is 9.99. The van der Waals surface area contributed by atoms with Gasteiger partial charge in [-0.25, -0.2) is 8.42 Å². The molecule has 0 aliphatic carbocycles. The average molecular weight is 388 g/mol. The second-order valence-corrected chi connectivity index (χ2v) is 9.98. The van der Waals surface area contributed by atoms with Gasteiger partial charge in [0, 0.05) is 9.70 Å². The summed E-state index contributed by atoms with van der Waals surface area (Å²) < 4.78 is 24.0. The minimum atomic E-state index is -2.79. The van der Waals surface area contributed by atoms with E-state index in [0.717, 1.165) is 10.2 Å². The Morgan fingerprint density at radius 1 is 1.56 bits per heavy atom. The molecule has 1 aliphatic rings. The summed E-state index contributed by atoms with van der Waals surface area (Å²) in [6.07, 6.45) is 0.769. The predicted molar refractivity (Wildman–Crippen MR) is 75.2 cm³/mol. The molecule has 1 fully saturated rings. The molecule has 16 heavy (non-hydrogen) atoms. The van der Waals surface area contributed by atoms with Gasteiger partial charge in [-0.1, -0.05) is 15.9 Å². The number of aryl methyl sites for hydroxylation is 1. The molecule has 0 N–H and O–H groups in total. The number of alkyl halides is 1. The smallest absolute Gasteiger partial charge is 0.150 e. The average Bonchev–Trinajstić information content (AvgIpc) is 2.68. The van der Waals surface area contributed by atoms with Crippen LogP contribution in [0.25, 0.3) is 0 Å². The maximum Gasteiger partial charge on any atom is 0.150 e. The monoisotopic (exact) mass is 386 g/mol. The molecule has 1 aromatic heterocycles. The highest BCUT2D eigenvalue weighted by atomic mass is 79.9. The van der Waals surface area contributed by atoms with E-state index in [0.29, 0.717) is 11.5 Å². The lowest BCUT2D eigenvalue weighted by molar-refractivity contribution is 0.579. The molecule has 2 atom stereocenters. The molecule has 0 spiro atoms. The third-order valence-corrected chi connectivity index (χ3v) is 7.51. The number of sulfone groups is 1. The lowest BCUT2D eigenvalue weighted by Crippen LogP contribution is -2.10. The van der Waals surface area contributed by atoms with Crippen LogP contribution < -0.4 is 0 Å². The molecule has 1 aliphatic heterocycles. The molecule has 2 rings (SSSR count). The van der Waals surface area contributed by atoms with Crippen molar-refractivity contribution in [3.05, 3.63) is 20.3 Å². The molecule has 1 saturated heterocycles. The topological polar surface area (TPSA) is 34.1 Å². The molecule has 6 heteroatoms. The van der Waals surface area contributed by atoms with Gasteiger partial charge in [0.05, 0.1) is 15.3 Å². The van der Waals surface area contributed by atoms with E-state index in [1.54, 1.807) is 11.3 Å². The molecule has 0 saturated carbocycles. The van der Waals surface area contributed by atoms with Crippen LogP contribution in [0.1, 0.15) is 21.7 Å². The molecule has 0 amide bonds. The van der Waals surface area contributed by atoms with E-state index >= 15 is 0 Å². The Hall–Kier alpha value is 0.610. The fraction of sp³-hybridized carbons (Fsp3) is 0.600. The minimum absolute atomic E-state index is 0.160. The Kier molecular flexibility index (Phi) is 3.84. The molecular weight excluding hydrogens is 376 g/mol. The van der Waals surface area contributed by atoms with Gasteiger partial charge >= 0.3 is 0 Å². The largest absolute Gasteiger partial charge is 0.229 e. The van der Waals surface area contributed by atoms with Gasteiger partial charge in [0.25, 0.3) is 0 Å². The fourth-order valence-electron chi connectivity index (χ4n) is 2.04. The zero-order valence-electron chi connectivity index (χ0n) is 8.74. The molecule has 1 aromatic rings. The van der Waals surface area contributed by atoms with Crippen molar-refractivity contribution < 1.29 is 8.42 Å². The summed E-state index contributed by atoms with van der Waals surface area (Å²) in [5.41, 5.74) is 1.22. The van der Waals surface area contributed by atoms with E-state index in [9.17, 15) is 8.42 Å². The lowest BCUT2D eigenvalue weighted by Gasteiger charge is -2.15. The summed E-state index contributed by atoms with van der Waals surface area (Å²) in [5.74, 6) is 0.866. The van der Waals surface area contributed by atoms with Crippen LogP contribution in [0.4, 0.5) is 0 Å². The molecule has 2 unspecified atom stereocenters. The van der Waals surface area contributed by atoms with Crippen LogP contribution in [0.5, 0.6) is 0 Å². The molecule has 90 valence electrons. The van der Waals surface area contributed by atoms with Crippen LogP contribution in [-0.2, 0) is 9.84 Å². The molecule has 0 aromatic carbocycles. The Morgan fingerprint density at radius 2 is 2.25 bits per heavy atom. The van der Waals surface area contributed by atoms with Gasteiger partial charge in [0.2, 0.25) is 0 Å². The number of hydrogen-bond donors (Lipinski definition) is 0. The van der Waals surface area contributed by atoms with E-state index < -0.39 is 9.84 Å². The van der Waals surface area contributed by atoms with Gasteiger partial charge in [0.1, 0.15) is 0 Å². The van der Waals surface area contributed by atoms with E-state index in [4.69, 9.17) is 0 Å². The SMILES string of the molecule is Cc1sc(Br)cc1C(Br)C1CCS(=O)(=O)C1. The zero-order chi connectivity index (χ0) is 11.9. The first-order chi connectivity index (χ1) is 7.39. The molecular formula is C10H12Br2O2S2. The zero-order valence-corrected chi connectivity index (χ0v) is 13.5. The highest BCUT2D eigenvalue weighted by molar-refractivity contribution is 9.11. The second-order valence-electron chi connectivity index (χ2n) is 4.13. The van der Waals surface area contributed by atoms with Crippen molar-refractivity contribution in [1.82, 2.24) is 0 Å². The predicted octanol–water partition coefficient (Wildman–Crippen LogP) is 3.69. The number of halogens is 2. The van der Waals surface area contributed by atoms with Gasteiger partial charge < -0.3 is 0 Å². The summed E-state index contributed by atoms with van der Waals surface area (Å²) in [4.78, 5) is 1.41. The molecule has 0 bridgehead atoms. The van der Waals surface area contributed by atoms with Gasteiger partial charge in [-0.15, -0.1) is 11.3 Å². The summed E-state index contributed by atoms with van der Waals surface area (Å²) in [6, 6.07) is 2.09. The van der Waals surface area contributed by atoms with Crippen molar-refractivity contribution in [3.63, 3.8) is 0 Å². The van der Waals surface area contributed by atoms with Crippen LogP contribution in [0.2, 0.25) is 0 Å². The van der Waals surface area contributed by atoms with Crippen molar-refractivity contribution in [1.29, 1.82) is 0 Å². The Labute approximate surface area is 117 Å². The van der Waals surface area contributed by atoms with Crippen LogP contribution in [0.3, 0.4) is 0 Å². The second kappa shape index (κ2) is 4.71. The Balaban J connectivity index is 2.20. The maximum atomic E-state index is 11.4. The molecule has 2 heterocycles. The molecule has 0 radical (unpaired) electrons. The molecule has 2 nitrogen and oxygen atoms in total. The standard InChI is InChI=1S/C10H12Br2O2S2/c1-6-8(4-9(11)15-6)10(12)7-2-3-16(13,14)5-7/h4,7,10H,2-3,5H2,1H3. The van der Waals surface area contributed by atoms with Gasteiger partial charge in [0.15, 0.2) is 9.84 Å². The Bertz CT molecular complexity index is 493.